The molecule has 0 aliphatic heterocycles. The number of unbranched alkanes of at least 4 members (excludes halogenated alkanes) is 1. The van der Waals surface area contributed by atoms with E-state index < -0.39 is 0 Å². The molecule has 0 aromatic rings. The van der Waals surface area contributed by atoms with Crippen LogP contribution in [0.3, 0.4) is 0 Å². The fourth-order valence-electron chi connectivity index (χ4n) is 1.09. The molecule has 0 saturated carbocycles. The topological polar surface area (TPSA) is 26.0 Å². The second-order valence-electron chi connectivity index (χ2n) is 5.38. The lowest BCUT2D eigenvalue weighted by Gasteiger charge is -2.39. The Labute approximate surface area is 77.7 Å². The van der Waals surface area contributed by atoms with Gasteiger partial charge in [-0.2, -0.15) is 0 Å². The lowest BCUT2D eigenvalue weighted by molar-refractivity contribution is 0.116. The quantitative estimate of drug-likeness (QED) is 0.646. The molecule has 0 spiro atoms. The van der Waals surface area contributed by atoms with Crippen LogP contribution in [0.2, 0.25) is 0 Å². The SMILES string of the molecule is CC(C)(C)C(C)(C)CCCCN. The predicted molar refractivity (Wildman–Crippen MR) is 56.1 cm³/mol. The van der Waals surface area contributed by atoms with Crippen LogP contribution in [-0.2, 0) is 0 Å². The fraction of sp³-hybridized carbons (Fsp3) is 1.00. The smallest absolute Gasteiger partial charge is 0.00773 e. The molecule has 0 saturated heterocycles. The van der Waals surface area contributed by atoms with Crippen molar-refractivity contribution in [2.24, 2.45) is 16.6 Å². The lowest BCUT2D eigenvalue weighted by atomic mass is 9.67. The molecule has 2 N–H and O–H groups in total. The van der Waals surface area contributed by atoms with Crippen LogP contribution < -0.4 is 5.73 Å². The summed E-state index contributed by atoms with van der Waals surface area (Å²) in [6.45, 7) is 12.5. The number of hydrogen-bond acceptors (Lipinski definition) is 1. The van der Waals surface area contributed by atoms with Crippen molar-refractivity contribution in [2.45, 2.75) is 53.9 Å². The Balaban J connectivity index is 3.88. The molecule has 0 heterocycles. The molecule has 0 aliphatic carbocycles. The maximum Gasteiger partial charge on any atom is -0.00773 e. The third-order valence-corrected chi connectivity index (χ3v) is 3.29. The summed E-state index contributed by atoms with van der Waals surface area (Å²) >= 11 is 0. The molecule has 0 radical (unpaired) electrons. The molecule has 1 heteroatoms. The number of rotatable bonds is 4. The van der Waals surface area contributed by atoms with Crippen molar-refractivity contribution in [3.8, 4) is 0 Å². The van der Waals surface area contributed by atoms with Gasteiger partial charge in [0, 0.05) is 0 Å². The van der Waals surface area contributed by atoms with Gasteiger partial charge in [-0.15, -0.1) is 0 Å². The zero-order valence-electron chi connectivity index (χ0n) is 9.41. The van der Waals surface area contributed by atoms with E-state index in [-0.39, 0.29) is 0 Å². The molecule has 0 amide bonds. The molecule has 0 bridgehead atoms. The largest absolute Gasteiger partial charge is 0.330 e. The molecular weight excluding hydrogens is 146 g/mol. The summed E-state index contributed by atoms with van der Waals surface area (Å²) in [7, 11) is 0. The van der Waals surface area contributed by atoms with Crippen molar-refractivity contribution in [1.82, 2.24) is 0 Å². The second-order valence-corrected chi connectivity index (χ2v) is 5.38. The van der Waals surface area contributed by atoms with Crippen molar-refractivity contribution in [2.75, 3.05) is 6.54 Å². The van der Waals surface area contributed by atoms with E-state index in [4.69, 9.17) is 5.73 Å². The van der Waals surface area contributed by atoms with Gasteiger partial charge in [-0.1, -0.05) is 41.0 Å². The monoisotopic (exact) mass is 171 g/mol. The fourth-order valence-corrected chi connectivity index (χ4v) is 1.09. The van der Waals surface area contributed by atoms with Gasteiger partial charge in [0.2, 0.25) is 0 Å². The molecule has 0 unspecified atom stereocenters. The summed E-state index contributed by atoms with van der Waals surface area (Å²) in [5.74, 6) is 0. The van der Waals surface area contributed by atoms with E-state index in [9.17, 15) is 0 Å². The zero-order valence-corrected chi connectivity index (χ0v) is 9.41. The molecule has 1 nitrogen and oxygen atoms in total. The van der Waals surface area contributed by atoms with Crippen LogP contribution in [0.15, 0.2) is 0 Å². The van der Waals surface area contributed by atoms with E-state index in [0.717, 1.165) is 6.54 Å². The summed E-state index contributed by atoms with van der Waals surface area (Å²) in [4.78, 5) is 0. The molecule has 12 heavy (non-hydrogen) atoms. The van der Waals surface area contributed by atoms with Gasteiger partial charge in [-0.25, -0.2) is 0 Å². The normalized spacial score (nSPS) is 13.5. The molecule has 0 aromatic heterocycles. The summed E-state index contributed by atoms with van der Waals surface area (Å²) in [6, 6.07) is 0. The van der Waals surface area contributed by atoms with Gasteiger partial charge < -0.3 is 5.73 Å². The summed E-state index contributed by atoms with van der Waals surface area (Å²) < 4.78 is 0. The van der Waals surface area contributed by atoms with Gasteiger partial charge in [0.1, 0.15) is 0 Å². The third kappa shape index (κ3) is 3.57. The first-order chi connectivity index (χ1) is 5.31. The van der Waals surface area contributed by atoms with Crippen molar-refractivity contribution < 1.29 is 0 Å². The molecule has 0 fully saturated rings. The van der Waals surface area contributed by atoms with E-state index in [2.05, 4.69) is 34.6 Å². The maximum absolute atomic E-state index is 5.47. The highest BCUT2D eigenvalue weighted by molar-refractivity contribution is 4.81. The highest BCUT2D eigenvalue weighted by Crippen LogP contribution is 2.41. The Morgan fingerprint density at radius 2 is 1.42 bits per heavy atom. The van der Waals surface area contributed by atoms with E-state index in [1.165, 1.54) is 19.3 Å². The van der Waals surface area contributed by atoms with Crippen molar-refractivity contribution in [3.63, 3.8) is 0 Å². The predicted octanol–water partition coefficient (Wildman–Crippen LogP) is 3.19. The van der Waals surface area contributed by atoms with Gasteiger partial charge in [0.05, 0.1) is 0 Å². The van der Waals surface area contributed by atoms with Crippen LogP contribution in [0.25, 0.3) is 0 Å². The molecule has 74 valence electrons. The highest BCUT2D eigenvalue weighted by Gasteiger charge is 2.31. The van der Waals surface area contributed by atoms with E-state index in [1.54, 1.807) is 0 Å². The number of hydrogen-bond donors (Lipinski definition) is 1. The Hall–Kier alpha value is -0.0400. The standard InChI is InChI=1S/C11H25N/c1-10(2,3)11(4,5)8-6-7-9-12/h6-9,12H2,1-5H3. The van der Waals surface area contributed by atoms with Crippen LogP contribution in [0.1, 0.15) is 53.9 Å². The Morgan fingerprint density at radius 1 is 0.917 bits per heavy atom. The Bertz CT molecular complexity index is 119. The Morgan fingerprint density at radius 3 is 1.75 bits per heavy atom. The van der Waals surface area contributed by atoms with Crippen molar-refractivity contribution in [3.05, 3.63) is 0 Å². The summed E-state index contributed by atoms with van der Waals surface area (Å²) in [5, 5.41) is 0. The van der Waals surface area contributed by atoms with Crippen LogP contribution in [-0.4, -0.2) is 6.54 Å². The van der Waals surface area contributed by atoms with E-state index in [0.29, 0.717) is 10.8 Å². The molecular formula is C11H25N. The first kappa shape index (κ1) is 12.0. The molecule has 0 aliphatic rings. The van der Waals surface area contributed by atoms with Crippen LogP contribution in [0.5, 0.6) is 0 Å². The minimum atomic E-state index is 0.404. The molecule has 0 aromatic carbocycles. The lowest BCUT2D eigenvalue weighted by Crippen LogP contribution is -2.29. The van der Waals surface area contributed by atoms with Crippen LogP contribution in [0.4, 0.5) is 0 Å². The third-order valence-electron chi connectivity index (χ3n) is 3.29. The second kappa shape index (κ2) is 4.27. The van der Waals surface area contributed by atoms with Crippen molar-refractivity contribution >= 4 is 0 Å². The average molecular weight is 171 g/mol. The van der Waals surface area contributed by atoms with Crippen LogP contribution in [0, 0.1) is 10.8 Å². The first-order valence-corrected chi connectivity index (χ1v) is 5.01. The van der Waals surface area contributed by atoms with Crippen LogP contribution >= 0.6 is 0 Å². The van der Waals surface area contributed by atoms with Gasteiger partial charge in [-0.05, 0) is 30.2 Å². The average Bonchev–Trinajstić information content (AvgIpc) is 1.85. The first-order valence-electron chi connectivity index (χ1n) is 5.01. The van der Waals surface area contributed by atoms with Crippen molar-refractivity contribution in [1.29, 1.82) is 0 Å². The Kier molecular flexibility index (Phi) is 4.25. The minimum Gasteiger partial charge on any atom is -0.330 e. The molecule has 0 atom stereocenters. The van der Waals surface area contributed by atoms with Gasteiger partial charge in [0.25, 0.3) is 0 Å². The van der Waals surface area contributed by atoms with E-state index in [1.807, 2.05) is 0 Å². The summed E-state index contributed by atoms with van der Waals surface area (Å²) in [5.41, 5.74) is 6.30. The summed E-state index contributed by atoms with van der Waals surface area (Å²) in [6.07, 6.45) is 3.72. The van der Waals surface area contributed by atoms with Gasteiger partial charge >= 0.3 is 0 Å². The minimum absolute atomic E-state index is 0.404. The zero-order chi connectivity index (χ0) is 9.83. The van der Waals surface area contributed by atoms with Gasteiger partial charge in [-0.3, -0.25) is 0 Å². The molecule has 0 rings (SSSR count). The van der Waals surface area contributed by atoms with Gasteiger partial charge in [0.15, 0.2) is 0 Å². The maximum atomic E-state index is 5.47. The van der Waals surface area contributed by atoms with E-state index >= 15 is 0 Å². The highest BCUT2D eigenvalue weighted by atomic mass is 14.5. The number of nitrogens with two attached hydrogens (primary N) is 1.